The fourth-order valence-electron chi connectivity index (χ4n) is 1.87. The summed E-state index contributed by atoms with van der Waals surface area (Å²) in [4.78, 5) is 12.0. The first-order valence-corrected chi connectivity index (χ1v) is 8.62. The number of amides is 1. The second-order valence-corrected chi connectivity index (χ2v) is 6.92. The monoisotopic (exact) mass is 425 g/mol. The summed E-state index contributed by atoms with van der Waals surface area (Å²) >= 11 is 29.9. The van der Waals surface area contributed by atoms with Gasteiger partial charge in [0.05, 0.1) is 15.1 Å². The highest BCUT2D eigenvalue weighted by Crippen LogP contribution is 2.48. The molecule has 0 saturated carbocycles. The lowest BCUT2D eigenvalue weighted by molar-refractivity contribution is -0.118. The Bertz CT molecular complexity index is 779. The summed E-state index contributed by atoms with van der Waals surface area (Å²) in [5.74, 6) is -0.374. The average Bonchev–Trinajstić information content (AvgIpc) is 2.54. The van der Waals surface area contributed by atoms with Crippen molar-refractivity contribution < 1.29 is 9.53 Å². The molecular weight excluding hydrogens is 415 g/mol. The SMILES string of the molecule is Cc1ccc(NC(=O)COc2c(Cl)c(Cl)c(Cl)c(Cl)c2Cl)cc1C. The van der Waals surface area contributed by atoms with E-state index < -0.39 is 0 Å². The summed E-state index contributed by atoms with van der Waals surface area (Å²) < 4.78 is 5.37. The lowest BCUT2D eigenvalue weighted by Gasteiger charge is -2.14. The van der Waals surface area contributed by atoms with E-state index in [9.17, 15) is 4.79 Å². The van der Waals surface area contributed by atoms with Crippen molar-refractivity contribution >= 4 is 69.6 Å². The number of rotatable bonds is 4. The first kappa shape index (κ1) is 19.5. The topological polar surface area (TPSA) is 38.3 Å². The molecule has 2 aromatic carbocycles. The molecule has 0 heterocycles. The maximum absolute atomic E-state index is 12.0. The minimum Gasteiger partial charge on any atom is -0.481 e. The second-order valence-electron chi connectivity index (χ2n) is 5.03. The van der Waals surface area contributed by atoms with Crippen LogP contribution >= 0.6 is 58.0 Å². The number of hydrogen-bond acceptors (Lipinski definition) is 2. The van der Waals surface area contributed by atoms with E-state index in [1.54, 1.807) is 6.07 Å². The van der Waals surface area contributed by atoms with Crippen molar-refractivity contribution in [2.24, 2.45) is 0 Å². The molecule has 24 heavy (non-hydrogen) atoms. The normalized spacial score (nSPS) is 10.6. The fourth-order valence-corrected chi connectivity index (χ4v) is 3.10. The molecule has 0 atom stereocenters. The largest absolute Gasteiger partial charge is 0.481 e. The van der Waals surface area contributed by atoms with Crippen LogP contribution in [0, 0.1) is 13.8 Å². The zero-order chi connectivity index (χ0) is 18.0. The summed E-state index contributed by atoms with van der Waals surface area (Å²) in [5.41, 5.74) is 2.86. The van der Waals surface area contributed by atoms with Crippen LogP contribution in [0.2, 0.25) is 25.1 Å². The fraction of sp³-hybridized carbons (Fsp3) is 0.188. The molecule has 0 bridgehead atoms. The quantitative estimate of drug-likeness (QED) is 0.442. The predicted molar refractivity (Wildman–Crippen MR) is 102 cm³/mol. The maximum Gasteiger partial charge on any atom is 0.262 e. The molecular formula is C16H12Cl5NO2. The third-order valence-corrected chi connectivity index (χ3v) is 5.55. The molecule has 1 amide bonds. The number of carbonyl (C=O) groups excluding carboxylic acids is 1. The van der Waals surface area contributed by atoms with Gasteiger partial charge in [-0.25, -0.2) is 0 Å². The van der Waals surface area contributed by atoms with E-state index >= 15 is 0 Å². The highest BCUT2D eigenvalue weighted by molar-refractivity contribution is 6.55. The Kier molecular flexibility index (Phi) is 6.52. The third kappa shape index (κ3) is 4.22. The predicted octanol–water partition coefficient (Wildman–Crippen LogP) is 6.59. The summed E-state index contributed by atoms with van der Waals surface area (Å²) in [5, 5.41) is 2.76. The van der Waals surface area contributed by atoms with Crippen molar-refractivity contribution in [2.45, 2.75) is 13.8 Å². The summed E-state index contributed by atoms with van der Waals surface area (Å²) in [6.45, 7) is 3.63. The van der Waals surface area contributed by atoms with Crippen LogP contribution in [0.5, 0.6) is 5.75 Å². The van der Waals surface area contributed by atoms with Crippen molar-refractivity contribution in [3.8, 4) is 5.75 Å². The number of benzene rings is 2. The standard InChI is InChI=1S/C16H12Cl5NO2/c1-7-3-4-9(5-8(7)2)22-10(23)6-24-16-14(20)12(18)11(17)13(19)15(16)21/h3-5H,6H2,1-2H3,(H,22,23). The highest BCUT2D eigenvalue weighted by Gasteiger charge is 2.21. The Labute approximate surface area is 164 Å². The number of aryl methyl sites for hydroxylation is 2. The van der Waals surface area contributed by atoms with E-state index in [1.165, 1.54) is 0 Å². The van der Waals surface area contributed by atoms with Gasteiger partial charge in [0, 0.05) is 5.69 Å². The van der Waals surface area contributed by atoms with Gasteiger partial charge in [-0.1, -0.05) is 64.1 Å². The molecule has 128 valence electrons. The number of carbonyl (C=O) groups is 1. The van der Waals surface area contributed by atoms with Crippen LogP contribution < -0.4 is 10.1 Å². The lowest BCUT2D eigenvalue weighted by Crippen LogP contribution is -2.20. The zero-order valence-corrected chi connectivity index (χ0v) is 16.4. The molecule has 1 N–H and O–H groups in total. The number of anilines is 1. The minimum absolute atomic E-state index is 0.00459. The average molecular weight is 428 g/mol. The Hall–Kier alpha value is -0.840. The number of hydrogen-bond donors (Lipinski definition) is 1. The van der Waals surface area contributed by atoms with Gasteiger partial charge >= 0.3 is 0 Å². The smallest absolute Gasteiger partial charge is 0.262 e. The van der Waals surface area contributed by atoms with Gasteiger partial charge in [0.1, 0.15) is 10.0 Å². The molecule has 0 spiro atoms. The second kappa shape index (κ2) is 8.03. The van der Waals surface area contributed by atoms with Crippen LogP contribution in [0.3, 0.4) is 0 Å². The van der Waals surface area contributed by atoms with Crippen LogP contribution in [0.15, 0.2) is 18.2 Å². The van der Waals surface area contributed by atoms with Gasteiger partial charge in [-0.15, -0.1) is 0 Å². The molecule has 2 aromatic rings. The van der Waals surface area contributed by atoms with Crippen molar-refractivity contribution in [1.29, 1.82) is 0 Å². The summed E-state index contributed by atoms with van der Waals surface area (Å²) in [7, 11) is 0. The van der Waals surface area contributed by atoms with Crippen molar-refractivity contribution in [1.82, 2.24) is 0 Å². The van der Waals surface area contributed by atoms with Crippen LogP contribution in [-0.2, 0) is 4.79 Å². The summed E-state index contributed by atoms with van der Waals surface area (Å²) in [6, 6.07) is 5.58. The van der Waals surface area contributed by atoms with Crippen molar-refractivity contribution in [2.75, 3.05) is 11.9 Å². The molecule has 0 fully saturated rings. The van der Waals surface area contributed by atoms with E-state index in [4.69, 9.17) is 62.7 Å². The molecule has 8 heteroatoms. The Morgan fingerprint density at radius 2 is 1.46 bits per heavy atom. The Morgan fingerprint density at radius 3 is 2.00 bits per heavy atom. The Morgan fingerprint density at radius 1 is 0.917 bits per heavy atom. The summed E-state index contributed by atoms with van der Waals surface area (Å²) in [6.07, 6.45) is 0. The third-order valence-electron chi connectivity index (χ3n) is 3.31. The lowest BCUT2D eigenvalue weighted by atomic mass is 10.1. The van der Waals surface area contributed by atoms with Gasteiger partial charge in [0.2, 0.25) is 0 Å². The van der Waals surface area contributed by atoms with E-state index in [-0.39, 0.29) is 43.4 Å². The molecule has 3 nitrogen and oxygen atoms in total. The van der Waals surface area contributed by atoms with Gasteiger partial charge < -0.3 is 10.1 Å². The van der Waals surface area contributed by atoms with Gasteiger partial charge in [-0.3, -0.25) is 4.79 Å². The first-order chi connectivity index (χ1) is 11.2. The molecule has 0 saturated heterocycles. The molecule has 0 aliphatic heterocycles. The van der Waals surface area contributed by atoms with E-state index in [1.807, 2.05) is 26.0 Å². The first-order valence-electron chi connectivity index (χ1n) is 6.73. The van der Waals surface area contributed by atoms with Crippen LogP contribution in [0.25, 0.3) is 0 Å². The van der Waals surface area contributed by atoms with Crippen LogP contribution in [0.4, 0.5) is 5.69 Å². The zero-order valence-electron chi connectivity index (χ0n) is 12.6. The van der Waals surface area contributed by atoms with Gasteiger partial charge in [0.15, 0.2) is 12.4 Å². The van der Waals surface area contributed by atoms with Crippen molar-refractivity contribution in [3.05, 3.63) is 54.4 Å². The van der Waals surface area contributed by atoms with Gasteiger partial charge in [-0.05, 0) is 37.1 Å². The number of ether oxygens (including phenoxy) is 1. The van der Waals surface area contributed by atoms with Crippen LogP contribution in [0.1, 0.15) is 11.1 Å². The highest BCUT2D eigenvalue weighted by atomic mass is 35.5. The van der Waals surface area contributed by atoms with Crippen molar-refractivity contribution in [3.63, 3.8) is 0 Å². The van der Waals surface area contributed by atoms with E-state index in [0.717, 1.165) is 11.1 Å². The van der Waals surface area contributed by atoms with Gasteiger partial charge in [-0.2, -0.15) is 0 Å². The molecule has 0 aromatic heterocycles. The van der Waals surface area contributed by atoms with Gasteiger partial charge in [0.25, 0.3) is 5.91 Å². The molecule has 0 aliphatic rings. The Balaban J connectivity index is 2.11. The molecule has 0 aliphatic carbocycles. The van der Waals surface area contributed by atoms with E-state index in [0.29, 0.717) is 5.69 Å². The minimum atomic E-state index is -0.382. The molecule has 0 radical (unpaired) electrons. The molecule has 2 rings (SSSR count). The maximum atomic E-state index is 12.0. The molecule has 0 unspecified atom stereocenters. The number of nitrogens with one attached hydrogen (secondary N) is 1. The number of halogens is 5. The van der Waals surface area contributed by atoms with E-state index in [2.05, 4.69) is 5.32 Å². The van der Waals surface area contributed by atoms with Crippen LogP contribution in [-0.4, -0.2) is 12.5 Å².